The van der Waals surface area contributed by atoms with Gasteiger partial charge < -0.3 is 4.74 Å². The van der Waals surface area contributed by atoms with Crippen LogP contribution >= 0.6 is 0 Å². The molecule has 1 unspecified atom stereocenters. The molecule has 0 aromatic heterocycles. The molecule has 2 rings (SSSR count). The van der Waals surface area contributed by atoms with Crippen LogP contribution in [0.5, 0.6) is 0 Å². The van der Waals surface area contributed by atoms with Crippen molar-refractivity contribution in [1.29, 1.82) is 0 Å². The predicted molar refractivity (Wildman–Crippen MR) is 89.0 cm³/mol. The van der Waals surface area contributed by atoms with Gasteiger partial charge in [-0.25, -0.2) is 4.79 Å². The zero-order chi connectivity index (χ0) is 15.6. The highest BCUT2D eigenvalue weighted by Gasteiger charge is 2.03. The van der Waals surface area contributed by atoms with Crippen molar-refractivity contribution in [1.82, 2.24) is 0 Å². The standard InChI is InChI=1S/C19H21NO2/c1-16(12-13-17-8-4-2-5-9-17)14-20-19(21)22-15-18-10-6-3-7-11-18/h2-11,14,16H,12-13,15H2,1H3. The first-order valence-corrected chi connectivity index (χ1v) is 7.53. The molecule has 0 spiro atoms. The van der Waals surface area contributed by atoms with Gasteiger partial charge in [-0.3, -0.25) is 0 Å². The Morgan fingerprint density at radius 3 is 2.27 bits per heavy atom. The monoisotopic (exact) mass is 295 g/mol. The van der Waals surface area contributed by atoms with Gasteiger partial charge in [-0.1, -0.05) is 67.6 Å². The number of nitrogens with zero attached hydrogens (tertiary/aromatic N) is 1. The maximum absolute atomic E-state index is 11.6. The van der Waals surface area contributed by atoms with E-state index in [1.807, 2.05) is 48.5 Å². The van der Waals surface area contributed by atoms with Gasteiger partial charge in [0.1, 0.15) is 6.61 Å². The Balaban J connectivity index is 1.70. The number of carbonyl (C=O) groups excluding carboxylic acids is 1. The fraction of sp³-hybridized carbons (Fsp3) is 0.263. The van der Waals surface area contributed by atoms with Crippen LogP contribution in [0.3, 0.4) is 0 Å². The summed E-state index contributed by atoms with van der Waals surface area (Å²) in [7, 11) is 0. The molecule has 0 fully saturated rings. The Morgan fingerprint density at radius 1 is 1.05 bits per heavy atom. The quantitative estimate of drug-likeness (QED) is 0.727. The minimum Gasteiger partial charge on any atom is -0.443 e. The molecule has 0 aliphatic heterocycles. The van der Waals surface area contributed by atoms with Crippen molar-refractivity contribution in [3.05, 3.63) is 71.8 Å². The third-order valence-corrected chi connectivity index (χ3v) is 3.37. The molecule has 0 aliphatic carbocycles. The largest absolute Gasteiger partial charge is 0.443 e. The van der Waals surface area contributed by atoms with E-state index in [0.717, 1.165) is 18.4 Å². The number of aliphatic imine (C=N–C) groups is 1. The summed E-state index contributed by atoms with van der Waals surface area (Å²) in [6, 6.07) is 19.9. The second kappa shape index (κ2) is 8.78. The van der Waals surface area contributed by atoms with Gasteiger partial charge in [-0.05, 0) is 29.9 Å². The molecule has 0 N–H and O–H groups in total. The van der Waals surface area contributed by atoms with Gasteiger partial charge in [0.15, 0.2) is 0 Å². The second-order valence-corrected chi connectivity index (χ2v) is 5.32. The highest BCUT2D eigenvalue weighted by molar-refractivity contribution is 5.80. The molecule has 1 amide bonds. The van der Waals surface area contributed by atoms with Crippen LogP contribution < -0.4 is 0 Å². The molecule has 3 heteroatoms. The topological polar surface area (TPSA) is 38.7 Å². The maximum atomic E-state index is 11.6. The van der Waals surface area contributed by atoms with Gasteiger partial charge in [0.25, 0.3) is 0 Å². The normalized spacial score (nSPS) is 12.2. The van der Waals surface area contributed by atoms with Gasteiger partial charge in [-0.15, -0.1) is 0 Å². The molecule has 0 saturated carbocycles. The van der Waals surface area contributed by atoms with E-state index in [1.54, 1.807) is 6.21 Å². The average molecular weight is 295 g/mol. The Morgan fingerprint density at radius 2 is 1.64 bits per heavy atom. The number of hydrogen-bond acceptors (Lipinski definition) is 2. The van der Waals surface area contributed by atoms with E-state index in [2.05, 4.69) is 24.0 Å². The smallest absolute Gasteiger partial charge is 0.433 e. The minimum atomic E-state index is -0.532. The Labute approximate surface area is 131 Å². The third-order valence-electron chi connectivity index (χ3n) is 3.37. The Kier molecular flexibility index (Phi) is 6.37. The molecule has 3 nitrogen and oxygen atoms in total. The van der Waals surface area contributed by atoms with Crippen molar-refractivity contribution in [2.24, 2.45) is 10.9 Å². The molecule has 1 atom stereocenters. The highest BCUT2D eigenvalue weighted by atomic mass is 16.5. The SMILES string of the molecule is CC(C=NC(=O)OCc1ccccc1)CCc1ccccc1. The Hall–Kier alpha value is -2.42. The van der Waals surface area contributed by atoms with E-state index in [-0.39, 0.29) is 12.5 Å². The first-order chi connectivity index (χ1) is 10.7. The first kappa shape index (κ1) is 16.0. The van der Waals surface area contributed by atoms with Crippen LogP contribution in [0, 0.1) is 5.92 Å². The van der Waals surface area contributed by atoms with E-state index in [9.17, 15) is 4.79 Å². The summed E-state index contributed by atoms with van der Waals surface area (Å²) in [6.45, 7) is 2.31. The summed E-state index contributed by atoms with van der Waals surface area (Å²) in [5.74, 6) is 0.240. The number of benzene rings is 2. The minimum absolute atomic E-state index is 0.240. The zero-order valence-electron chi connectivity index (χ0n) is 12.8. The third kappa shape index (κ3) is 5.92. The summed E-state index contributed by atoms with van der Waals surface area (Å²) in [4.78, 5) is 15.4. The average Bonchev–Trinajstić information content (AvgIpc) is 2.58. The van der Waals surface area contributed by atoms with Crippen LogP contribution in [-0.2, 0) is 17.8 Å². The van der Waals surface area contributed by atoms with Crippen LogP contribution in [0.25, 0.3) is 0 Å². The predicted octanol–water partition coefficient (Wildman–Crippen LogP) is 4.66. The van der Waals surface area contributed by atoms with Crippen molar-refractivity contribution in [3.8, 4) is 0 Å². The van der Waals surface area contributed by atoms with Crippen LogP contribution in [0.15, 0.2) is 65.7 Å². The molecule has 2 aromatic carbocycles. The number of hydrogen-bond donors (Lipinski definition) is 0. The fourth-order valence-corrected chi connectivity index (χ4v) is 2.06. The molecule has 2 aromatic rings. The Bertz CT molecular complexity index is 593. The summed E-state index contributed by atoms with van der Waals surface area (Å²) in [5.41, 5.74) is 2.26. The molecule has 114 valence electrons. The fourth-order valence-electron chi connectivity index (χ4n) is 2.06. The van der Waals surface area contributed by atoms with Crippen LogP contribution in [0.4, 0.5) is 4.79 Å². The van der Waals surface area contributed by atoms with Gasteiger partial charge in [0.05, 0.1) is 0 Å². The first-order valence-electron chi connectivity index (χ1n) is 7.53. The lowest BCUT2D eigenvalue weighted by molar-refractivity contribution is 0.151. The van der Waals surface area contributed by atoms with Gasteiger partial charge in [0, 0.05) is 6.21 Å². The van der Waals surface area contributed by atoms with Crippen LogP contribution in [0.1, 0.15) is 24.5 Å². The number of amides is 1. The summed E-state index contributed by atoms with van der Waals surface area (Å²) >= 11 is 0. The van der Waals surface area contributed by atoms with Crippen LogP contribution in [-0.4, -0.2) is 12.3 Å². The van der Waals surface area contributed by atoms with Gasteiger partial charge >= 0.3 is 6.09 Å². The number of ether oxygens (including phenoxy) is 1. The number of carbonyl (C=O) groups is 1. The summed E-state index contributed by atoms with van der Waals surface area (Å²) in [5, 5.41) is 0. The molecular formula is C19H21NO2. The van der Waals surface area contributed by atoms with E-state index in [4.69, 9.17) is 4.74 Å². The van der Waals surface area contributed by atoms with Gasteiger partial charge in [0.2, 0.25) is 0 Å². The zero-order valence-corrected chi connectivity index (χ0v) is 12.8. The van der Waals surface area contributed by atoms with E-state index in [0.29, 0.717) is 0 Å². The lowest BCUT2D eigenvalue weighted by atomic mass is 10.0. The van der Waals surface area contributed by atoms with Crippen molar-refractivity contribution < 1.29 is 9.53 Å². The van der Waals surface area contributed by atoms with E-state index < -0.39 is 6.09 Å². The molecule has 0 saturated heterocycles. The maximum Gasteiger partial charge on any atom is 0.433 e. The highest BCUT2D eigenvalue weighted by Crippen LogP contribution is 2.08. The summed E-state index contributed by atoms with van der Waals surface area (Å²) in [6.07, 6.45) is 3.08. The van der Waals surface area contributed by atoms with Crippen molar-refractivity contribution in [3.63, 3.8) is 0 Å². The molecule has 0 heterocycles. The lowest BCUT2D eigenvalue weighted by Gasteiger charge is -2.05. The van der Waals surface area contributed by atoms with Crippen molar-refractivity contribution in [2.45, 2.75) is 26.4 Å². The lowest BCUT2D eigenvalue weighted by Crippen LogP contribution is -2.04. The van der Waals surface area contributed by atoms with E-state index >= 15 is 0 Å². The number of rotatable bonds is 6. The second-order valence-electron chi connectivity index (χ2n) is 5.32. The van der Waals surface area contributed by atoms with Crippen LogP contribution in [0.2, 0.25) is 0 Å². The molecule has 0 aliphatic rings. The van der Waals surface area contributed by atoms with Gasteiger partial charge in [-0.2, -0.15) is 4.99 Å². The van der Waals surface area contributed by atoms with Crippen molar-refractivity contribution >= 4 is 12.3 Å². The van der Waals surface area contributed by atoms with Crippen molar-refractivity contribution in [2.75, 3.05) is 0 Å². The molecular weight excluding hydrogens is 274 g/mol. The molecule has 0 radical (unpaired) electrons. The number of aryl methyl sites for hydroxylation is 1. The van der Waals surface area contributed by atoms with E-state index in [1.165, 1.54) is 5.56 Å². The summed E-state index contributed by atoms with van der Waals surface area (Å²) < 4.78 is 5.10. The molecule has 22 heavy (non-hydrogen) atoms. The molecule has 0 bridgehead atoms.